The molecule has 1 aromatic heterocycles. The molecule has 0 aliphatic carbocycles. The van der Waals surface area contributed by atoms with E-state index in [2.05, 4.69) is 28.7 Å². The van der Waals surface area contributed by atoms with Crippen LogP contribution in [0.1, 0.15) is 26.7 Å². The number of aromatic nitrogens is 2. The molecule has 1 aliphatic heterocycles. The van der Waals surface area contributed by atoms with Crippen molar-refractivity contribution in [2.45, 2.75) is 32.7 Å². The van der Waals surface area contributed by atoms with Crippen molar-refractivity contribution >= 4 is 11.6 Å². The lowest BCUT2D eigenvalue weighted by molar-refractivity contribution is 0.353. The van der Waals surface area contributed by atoms with Crippen LogP contribution in [0.4, 0.5) is 11.6 Å². The van der Waals surface area contributed by atoms with E-state index < -0.39 is 0 Å². The monoisotopic (exact) mass is 236 g/mol. The van der Waals surface area contributed by atoms with Crippen molar-refractivity contribution in [2.24, 2.45) is 5.92 Å². The van der Waals surface area contributed by atoms with Crippen LogP contribution in [0.5, 0.6) is 5.75 Å². The van der Waals surface area contributed by atoms with Crippen LogP contribution >= 0.6 is 0 Å². The third kappa shape index (κ3) is 2.14. The van der Waals surface area contributed by atoms with Gasteiger partial charge in [-0.15, -0.1) is 0 Å². The molecule has 0 bridgehead atoms. The highest BCUT2D eigenvalue weighted by molar-refractivity contribution is 5.63. The molecule has 2 unspecified atom stereocenters. The maximum atomic E-state index is 5.82. The molecule has 2 atom stereocenters. The van der Waals surface area contributed by atoms with Gasteiger partial charge in [0.15, 0.2) is 11.6 Å². The number of nitrogens with two attached hydrogens (primary N) is 1. The number of piperidine rings is 1. The molecule has 1 aromatic rings. The Labute approximate surface area is 102 Å². The second kappa shape index (κ2) is 4.77. The van der Waals surface area contributed by atoms with Gasteiger partial charge in [0.05, 0.1) is 7.11 Å². The van der Waals surface area contributed by atoms with E-state index in [4.69, 9.17) is 10.5 Å². The van der Waals surface area contributed by atoms with Crippen LogP contribution < -0.4 is 15.4 Å². The van der Waals surface area contributed by atoms with Crippen molar-refractivity contribution in [3.63, 3.8) is 0 Å². The molecule has 5 nitrogen and oxygen atoms in total. The topological polar surface area (TPSA) is 64.3 Å². The Morgan fingerprint density at radius 2 is 2.18 bits per heavy atom. The fourth-order valence-corrected chi connectivity index (χ4v) is 2.41. The summed E-state index contributed by atoms with van der Waals surface area (Å²) in [7, 11) is 1.61. The SMILES string of the molecule is COc1c(N)ncnc1N1CCCC(C)C1C. The van der Waals surface area contributed by atoms with E-state index in [1.165, 1.54) is 19.2 Å². The van der Waals surface area contributed by atoms with Crippen LogP contribution in [0.2, 0.25) is 0 Å². The Balaban J connectivity index is 2.35. The van der Waals surface area contributed by atoms with Gasteiger partial charge in [-0.2, -0.15) is 0 Å². The molecule has 0 radical (unpaired) electrons. The first-order chi connectivity index (χ1) is 8.15. The standard InChI is InChI=1S/C12H20N4O/c1-8-5-4-6-16(9(8)2)12-10(17-3)11(13)14-7-15-12/h7-9H,4-6H2,1-3H3,(H2,13,14,15). The van der Waals surface area contributed by atoms with Crippen molar-refractivity contribution in [2.75, 3.05) is 24.3 Å². The predicted molar refractivity (Wildman–Crippen MR) is 68.2 cm³/mol. The Kier molecular flexibility index (Phi) is 3.36. The minimum Gasteiger partial charge on any atom is -0.490 e. The summed E-state index contributed by atoms with van der Waals surface area (Å²) in [6.45, 7) is 5.49. The molecule has 5 heteroatoms. The van der Waals surface area contributed by atoms with Crippen LogP contribution in [-0.4, -0.2) is 29.7 Å². The zero-order valence-corrected chi connectivity index (χ0v) is 10.7. The van der Waals surface area contributed by atoms with Gasteiger partial charge in [0.1, 0.15) is 6.33 Å². The number of hydrogen-bond acceptors (Lipinski definition) is 5. The molecule has 0 spiro atoms. The molecule has 0 saturated carbocycles. The number of methoxy groups -OCH3 is 1. The third-order valence-corrected chi connectivity index (χ3v) is 3.66. The first-order valence-electron chi connectivity index (χ1n) is 6.06. The number of nitrogen functional groups attached to an aromatic ring is 1. The molecule has 94 valence electrons. The van der Waals surface area contributed by atoms with Gasteiger partial charge in [-0.1, -0.05) is 6.92 Å². The largest absolute Gasteiger partial charge is 0.490 e. The fourth-order valence-electron chi connectivity index (χ4n) is 2.41. The number of anilines is 2. The van der Waals surface area contributed by atoms with Crippen LogP contribution in [0.25, 0.3) is 0 Å². The molecule has 2 rings (SSSR count). The first-order valence-corrected chi connectivity index (χ1v) is 6.06. The van der Waals surface area contributed by atoms with Crippen molar-refractivity contribution in [1.29, 1.82) is 0 Å². The lowest BCUT2D eigenvalue weighted by atomic mass is 9.92. The summed E-state index contributed by atoms with van der Waals surface area (Å²) in [6, 6.07) is 0.451. The maximum absolute atomic E-state index is 5.82. The predicted octanol–water partition coefficient (Wildman–Crippen LogP) is 1.69. The van der Waals surface area contributed by atoms with Crippen LogP contribution in [-0.2, 0) is 0 Å². The van der Waals surface area contributed by atoms with Gasteiger partial charge in [0, 0.05) is 12.6 Å². The van der Waals surface area contributed by atoms with E-state index in [-0.39, 0.29) is 0 Å². The molecule has 0 aromatic carbocycles. The van der Waals surface area contributed by atoms with Crippen molar-refractivity contribution in [3.05, 3.63) is 6.33 Å². The van der Waals surface area contributed by atoms with Gasteiger partial charge in [-0.3, -0.25) is 0 Å². The van der Waals surface area contributed by atoms with Gasteiger partial charge < -0.3 is 15.4 Å². The van der Waals surface area contributed by atoms with Crippen molar-refractivity contribution < 1.29 is 4.74 Å². The Bertz CT molecular complexity index is 396. The summed E-state index contributed by atoms with van der Waals surface area (Å²) in [5.41, 5.74) is 5.82. The second-order valence-electron chi connectivity index (χ2n) is 4.67. The summed E-state index contributed by atoms with van der Waals surface area (Å²) in [4.78, 5) is 10.6. The van der Waals surface area contributed by atoms with E-state index in [1.807, 2.05) is 0 Å². The zero-order valence-electron chi connectivity index (χ0n) is 10.7. The number of nitrogens with zero attached hydrogens (tertiary/aromatic N) is 3. The maximum Gasteiger partial charge on any atom is 0.204 e. The van der Waals surface area contributed by atoms with Gasteiger partial charge in [-0.05, 0) is 25.7 Å². The molecule has 2 N–H and O–H groups in total. The van der Waals surface area contributed by atoms with E-state index in [0.29, 0.717) is 23.5 Å². The summed E-state index contributed by atoms with van der Waals surface area (Å²) in [5, 5.41) is 0. The third-order valence-electron chi connectivity index (χ3n) is 3.66. The summed E-state index contributed by atoms with van der Waals surface area (Å²) < 4.78 is 5.32. The smallest absolute Gasteiger partial charge is 0.204 e. The Hall–Kier alpha value is -1.52. The molecule has 1 saturated heterocycles. The molecule has 17 heavy (non-hydrogen) atoms. The molecule has 2 heterocycles. The number of rotatable bonds is 2. The average Bonchev–Trinajstić information content (AvgIpc) is 2.32. The summed E-state index contributed by atoms with van der Waals surface area (Å²) in [6.07, 6.45) is 3.94. The molecule has 1 fully saturated rings. The first kappa shape index (κ1) is 12.0. The number of hydrogen-bond donors (Lipinski definition) is 1. The molecular formula is C12H20N4O. The Morgan fingerprint density at radius 1 is 1.41 bits per heavy atom. The van der Waals surface area contributed by atoms with E-state index >= 15 is 0 Å². The van der Waals surface area contributed by atoms with Gasteiger partial charge in [0.2, 0.25) is 5.75 Å². The van der Waals surface area contributed by atoms with Crippen LogP contribution in [0.3, 0.4) is 0 Å². The zero-order chi connectivity index (χ0) is 12.4. The van der Waals surface area contributed by atoms with Crippen molar-refractivity contribution in [1.82, 2.24) is 9.97 Å². The highest BCUT2D eigenvalue weighted by Crippen LogP contribution is 2.35. The quantitative estimate of drug-likeness (QED) is 0.846. The lowest BCUT2D eigenvalue weighted by Gasteiger charge is -2.39. The molecular weight excluding hydrogens is 216 g/mol. The van der Waals surface area contributed by atoms with E-state index in [0.717, 1.165) is 12.4 Å². The van der Waals surface area contributed by atoms with Gasteiger partial charge in [-0.25, -0.2) is 9.97 Å². The van der Waals surface area contributed by atoms with Crippen LogP contribution in [0, 0.1) is 5.92 Å². The van der Waals surface area contributed by atoms with E-state index in [1.54, 1.807) is 7.11 Å². The van der Waals surface area contributed by atoms with Gasteiger partial charge in [0.25, 0.3) is 0 Å². The van der Waals surface area contributed by atoms with E-state index in [9.17, 15) is 0 Å². The normalized spacial score (nSPS) is 24.8. The molecule has 0 amide bonds. The van der Waals surface area contributed by atoms with Gasteiger partial charge >= 0.3 is 0 Å². The Morgan fingerprint density at radius 3 is 2.88 bits per heavy atom. The lowest BCUT2D eigenvalue weighted by Crippen LogP contribution is -2.43. The highest BCUT2D eigenvalue weighted by atomic mass is 16.5. The summed E-state index contributed by atoms with van der Waals surface area (Å²) >= 11 is 0. The highest BCUT2D eigenvalue weighted by Gasteiger charge is 2.28. The minimum absolute atomic E-state index is 0.405. The number of ether oxygens (including phenoxy) is 1. The minimum atomic E-state index is 0.405. The average molecular weight is 236 g/mol. The second-order valence-corrected chi connectivity index (χ2v) is 4.67. The molecule has 1 aliphatic rings. The fraction of sp³-hybridized carbons (Fsp3) is 0.667. The summed E-state index contributed by atoms with van der Waals surface area (Å²) in [5.74, 6) is 2.47. The van der Waals surface area contributed by atoms with Crippen LogP contribution in [0.15, 0.2) is 6.33 Å². The van der Waals surface area contributed by atoms with Crippen molar-refractivity contribution in [3.8, 4) is 5.75 Å².